The van der Waals surface area contributed by atoms with Gasteiger partial charge in [-0.2, -0.15) is 0 Å². The molecule has 0 radical (unpaired) electrons. The summed E-state index contributed by atoms with van der Waals surface area (Å²) in [7, 11) is 0. The predicted molar refractivity (Wildman–Crippen MR) is 76.8 cm³/mol. The SMILES string of the molecule is O=C(CCNC(=O)c1ccco1)NCCCOCC1CC1. The molecule has 2 N–H and O–H groups in total. The van der Waals surface area contributed by atoms with Crippen LogP contribution in [0.1, 0.15) is 36.2 Å². The van der Waals surface area contributed by atoms with Crippen molar-refractivity contribution in [3.05, 3.63) is 24.2 Å². The Kier molecular flexibility index (Phi) is 6.27. The first kappa shape index (κ1) is 15.6. The molecule has 1 aromatic rings. The van der Waals surface area contributed by atoms with Crippen molar-refractivity contribution in [2.75, 3.05) is 26.3 Å². The van der Waals surface area contributed by atoms with Crippen molar-refractivity contribution < 1.29 is 18.7 Å². The first-order valence-corrected chi connectivity index (χ1v) is 7.42. The quantitative estimate of drug-likeness (QED) is 0.638. The predicted octanol–water partition coefficient (Wildman–Crippen LogP) is 1.33. The molecule has 1 aliphatic rings. The first-order chi connectivity index (χ1) is 10.3. The van der Waals surface area contributed by atoms with Crippen LogP contribution in [0.25, 0.3) is 0 Å². The number of furan rings is 1. The lowest BCUT2D eigenvalue weighted by Crippen LogP contribution is -2.31. The number of rotatable bonds is 10. The second-order valence-corrected chi connectivity index (χ2v) is 5.20. The van der Waals surface area contributed by atoms with E-state index in [9.17, 15) is 9.59 Å². The van der Waals surface area contributed by atoms with Crippen LogP contribution in [0.5, 0.6) is 0 Å². The van der Waals surface area contributed by atoms with Crippen LogP contribution < -0.4 is 10.6 Å². The van der Waals surface area contributed by atoms with Gasteiger partial charge in [0.15, 0.2) is 5.76 Å². The van der Waals surface area contributed by atoms with Gasteiger partial charge in [0, 0.05) is 32.7 Å². The lowest BCUT2D eigenvalue weighted by atomic mass is 10.3. The number of ether oxygens (including phenoxy) is 1. The van der Waals surface area contributed by atoms with Crippen LogP contribution in [0.4, 0.5) is 0 Å². The molecule has 0 saturated heterocycles. The topological polar surface area (TPSA) is 80.6 Å². The molecule has 0 aliphatic heterocycles. The van der Waals surface area contributed by atoms with Crippen LogP contribution in [0.15, 0.2) is 22.8 Å². The zero-order valence-electron chi connectivity index (χ0n) is 12.1. The van der Waals surface area contributed by atoms with Crippen molar-refractivity contribution in [2.24, 2.45) is 5.92 Å². The van der Waals surface area contributed by atoms with Gasteiger partial charge in [-0.25, -0.2) is 0 Å². The third-order valence-electron chi connectivity index (χ3n) is 3.22. The van der Waals surface area contributed by atoms with E-state index in [-0.39, 0.29) is 24.0 Å². The van der Waals surface area contributed by atoms with Gasteiger partial charge >= 0.3 is 0 Å². The van der Waals surface area contributed by atoms with Crippen molar-refractivity contribution in [2.45, 2.75) is 25.7 Å². The van der Waals surface area contributed by atoms with E-state index in [2.05, 4.69) is 10.6 Å². The zero-order valence-corrected chi connectivity index (χ0v) is 12.1. The molecule has 0 bridgehead atoms. The molecule has 0 unspecified atom stereocenters. The molecule has 1 saturated carbocycles. The second-order valence-electron chi connectivity index (χ2n) is 5.20. The highest BCUT2D eigenvalue weighted by Crippen LogP contribution is 2.28. The highest BCUT2D eigenvalue weighted by Gasteiger charge is 2.20. The van der Waals surface area contributed by atoms with Gasteiger partial charge in [-0.05, 0) is 37.3 Å². The minimum absolute atomic E-state index is 0.0723. The Bertz CT molecular complexity index is 441. The molecule has 2 amide bonds. The Morgan fingerprint density at radius 2 is 2.14 bits per heavy atom. The number of carbonyl (C=O) groups excluding carboxylic acids is 2. The smallest absolute Gasteiger partial charge is 0.286 e. The average molecular weight is 294 g/mol. The third kappa shape index (κ3) is 6.44. The summed E-state index contributed by atoms with van der Waals surface area (Å²) in [5.74, 6) is 0.652. The molecular formula is C15H22N2O4. The molecule has 1 heterocycles. The van der Waals surface area contributed by atoms with Gasteiger partial charge in [0.1, 0.15) is 0 Å². The number of hydrogen-bond donors (Lipinski definition) is 2. The Labute approximate surface area is 124 Å². The summed E-state index contributed by atoms with van der Waals surface area (Å²) in [5.41, 5.74) is 0. The van der Waals surface area contributed by atoms with Gasteiger partial charge in [0.2, 0.25) is 5.91 Å². The summed E-state index contributed by atoms with van der Waals surface area (Å²) >= 11 is 0. The highest BCUT2D eigenvalue weighted by atomic mass is 16.5. The molecule has 6 heteroatoms. The summed E-state index contributed by atoms with van der Waals surface area (Å²) in [6.45, 7) is 2.44. The minimum Gasteiger partial charge on any atom is -0.459 e. The molecule has 0 atom stereocenters. The second kappa shape index (κ2) is 8.46. The van der Waals surface area contributed by atoms with Gasteiger partial charge in [0.05, 0.1) is 6.26 Å². The fraction of sp³-hybridized carbons (Fsp3) is 0.600. The van der Waals surface area contributed by atoms with E-state index >= 15 is 0 Å². The molecule has 1 fully saturated rings. The monoisotopic (exact) mass is 294 g/mol. The van der Waals surface area contributed by atoms with Crippen LogP contribution in [0.3, 0.4) is 0 Å². The van der Waals surface area contributed by atoms with Crippen molar-refractivity contribution in [1.82, 2.24) is 10.6 Å². The maximum atomic E-state index is 11.5. The molecule has 116 valence electrons. The van der Waals surface area contributed by atoms with E-state index < -0.39 is 0 Å². The highest BCUT2D eigenvalue weighted by molar-refractivity contribution is 5.91. The van der Waals surface area contributed by atoms with Crippen LogP contribution in [0.2, 0.25) is 0 Å². The number of amides is 2. The first-order valence-electron chi connectivity index (χ1n) is 7.42. The molecule has 1 aliphatic carbocycles. The molecular weight excluding hydrogens is 272 g/mol. The van der Waals surface area contributed by atoms with Crippen molar-refractivity contribution in [1.29, 1.82) is 0 Å². The Hall–Kier alpha value is -1.82. The number of nitrogens with one attached hydrogen (secondary N) is 2. The molecule has 6 nitrogen and oxygen atoms in total. The van der Waals surface area contributed by atoms with E-state index in [4.69, 9.17) is 9.15 Å². The summed E-state index contributed by atoms with van der Waals surface area (Å²) in [5, 5.41) is 5.43. The molecule has 2 rings (SSSR count). The average Bonchev–Trinajstić information content (AvgIpc) is 3.13. The lowest BCUT2D eigenvalue weighted by molar-refractivity contribution is -0.121. The standard InChI is InChI=1S/C15H22N2O4/c18-14(16-7-2-9-20-11-12-4-5-12)6-8-17-15(19)13-3-1-10-21-13/h1,3,10,12H,2,4-9,11H2,(H,16,18)(H,17,19). The van der Waals surface area contributed by atoms with Crippen molar-refractivity contribution in [3.8, 4) is 0 Å². The van der Waals surface area contributed by atoms with Gasteiger partial charge < -0.3 is 19.8 Å². The normalized spacial score (nSPS) is 13.9. The summed E-state index contributed by atoms with van der Waals surface area (Å²) < 4.78 is 10.4. The van der Waals surface area contributed by atoms with Crippen LogP contribution in [-0.2, 0) is 9.53 Å². The van der Waals surface area contributed by atoms with E-state index in [1.54, 1.807) is 12.1 Å². The van der Waals surface area contributed by atoms with Gasteiger partial charge in [-0.1, -0.05) is 0 Å². The van der Waals surface area contributed by atoms with E-state index in [0.717, 1.165) is 18.9 Å². The summed E-state index contributed by atoms with van der Waals surface area (Å²) in [4.78, 5) is 23.1. The Balaban J connectivity index is 1.42. The van der Waals surface area contributed by atoms with Gasteiger partial charge in [-0.3, -0.25) is 9.59 Å². The maximum absolute atomic E-state index is 11.5. The molecule has 1 aromatic heterocycles. The maximum Gasteiger partial charge on any atom is 0.286 e. The zero-order chi connectivity index (χ0) is 14.9. The fourth-order valence-electron chi connectivity index (χ4n) is 1.81. The van der Waals surface area contributed by atoms with Crippen LogP contribution >= 0.6 is 0 Å². The molecule has 21 heavy (non-hydrogen) atoms. The Morgan fingerprint density at radius 3 is 2.86 bits per heavy atom. The molecule has 0 spiro atoms. The summed E-state index contributed by atoms with van der Waals surface area (Å²) in [6, 6.07) is 3.23. The Morgan fingerprint density at radius 1 is 1.29 bits per heavy atom. The van der Waals surface area contributed by atoms with Crippen LogP contribution in [-0.4, -0.2) is 38.1 Å². The minimum atomic E-state index is -0.304. The van der Waals surface area contributed by atoms with Crippen molar-refractivity contribution >= 4 is 11.8 Å². The summed E-state index contributed by atoms with van der Waals surface area (Å²) in [6.07, 6.45) is 5.10. The molecule has 0 aromatic carbocycles. The van der Waals surface area contributed by atoms with E-state index in [0.29, 0.717) is 19.7 Å². The largest absolute Gasteiger partial charge is 0.459 e. The third-order valence-corrected chi connectivity index (χ3v) is 3.22. The lowest BCUT2D eigenvalue weighted by Gasteiger charge is -2.06. The van der Waals surface area contributed by atoms with E-state index in [1.807, 2.05) is 0 Å². The van der Waals surface area contributed by atoms with Crippen molar-refractivity contribution in [3.63, 3.8) is 0 Å². The van der Waals surface area contributed by atoms with Gasteiger partial charge in [-0.15, -0.1) is 0 Å². The van der Waals surface area contributed by atoms with Gasteiger partial charge in [0.25, 0.3) is 5.91 Å². The van der Waals surface area contributed by atoms with E-state index in [1.165, 1.54) is 19.1 Å². The van der Waals surface area contributed by atoms with Crippen LogP contribution in [0, 0.1) is 5.92 Å². The fourth-order valence-corrected chi connectivity index (χ4v) is 1.81. The number of carbonyl (C=O) groups is 2. The number of hydrogen-bond acceptors (Lipinski definition) is 4.